The SMILES string of the molecule is CCCCCCCC/C=C/CC/C=C/CC/C=C/C(O)C(COC1OC(CO)C(O)C(O)C1O)NC(=O)CCCCCCCCCCCCCCCCCC/C=C\CCCCCCCCCCCCCC. The van der Waals surface area contributed by atoms with E-state index in [9.17, 15) is 30.3 Å². The average molecular weight is 1000 g/mol. The molecule has 0 aliphatic carbocycles. The molecule has 7 atom stereocenters. The summed E-state index contributed by atoms with van der Waals surface area (Å²) in [6.07, 6.45) is 62.0. The highest BCUT2D eigenvalue weighted by molar-refractivity contribution is 5.76. The summed E-state index contributed by atoms with van der Waals surface area (Å²) in [6.45, 7) is 3.77. The van der Waals surface area contributed by atoms with Gasteiger partial charge in [-0.2, -0.15) is 0 Å². The van der Waals surface area contributed by atoms with E-state index in [1.165, 1.54) is 212 Å². The van der Waals surface area contributed by atoms with Gasteiger partial charge in [0.1, 0.15) is 24.4 Å². The smallest absolute Gasteiger partial charge is 0.220 e. The van der Waals surface area contributed by atoms with E-state index in [0.717, 1.165) is 51.4 Å². The maximum absolute atomic E-state index is 13.1. The Morgan fingerprint density at radius 2 is 0.803 bits per heavy atom. The molecule has 9 heteroatoms. The molecule has 1 rings (SSSR count). The molecule has 0 bridgehead atoms. The van der Waals surface area contributed by atoms with Crippen molar-refractivity contribution >= 4 is 5.91 Å². The van der Waals surface area contributed by atoms with Gasteiger partial charge in [0.05, 0.1) is 25.4 Å². The van der Waals surface area contributed by atoms with E-state index in [1.807, 2.05) is 6.08 Å². The molecule has 416 valence electrons. The van der Waals surface area contributed by atoms with Gasteiger partial charge >= 0.3 is 0 Å². The topological polar surface area (TPSA) is 149 Å². The van der Waals surface area contributed by atoms with Crippen LogP contribution in [0, 0.1) is 0 Å². The van der Waals surface area contributed by atoms with E-state index >= 15 is 0 Å². The van der Waals surface area contributed by atoms with Gasteiger partial charge in [-0.25, -0.2) is 0 Å². The van der Waals surface area contributed by atoms with E-state index < -0.39 is 49.5 Å². The zero-order valence-electron chi connectivity index (χ0n) is 46.2. The molecule has 7 unspecified atom stereocenters. The van der Waals surface area contributed by atoms with Crippen molar-refractivity contribution in [3.05, 3.63) is 48.6 Å². The molecule has 1 heterocycles. The minimum absolute atomic E-state index is 0.188. The quantitative estimate of drug-likeness (QED) is 0.0261. The molecule has 1 aliphatic heterocycles. The number of ether oxygens (including phenoxy) is 2. The summed E-state index contributed by atoms with van der Waals surface area (Å²) in [7, 11) is 0. The Kier molecular flexibility index (Phi) is 48.8. The lowest BCUT2D eigenvalue weighted by Crippen LogP contribution is -2.60. The maximum Gasteiger partial charge on any atom is 0.220 e. The van der Waals surface area contributed by atoms with Crippen LogP contribution in [0.4, 0.5) is 0 Å². The Morgan fingerprint density at radius 1 is 0.465 bits per heavy atom. The second-order valence-corrected chi connectivity index (χ2v) is 21.1. The summed E-state index contributed by atoms with van der Waals surface area (Å²) in [6, 6.07) is -0.828. The van der Waals surface area contributed by atoms with Gasteiger partial charge in [-0.3, -0.25) is 4.79 Å². The fourth-order valence-electron chi connectivity index (χ4n) is 9.54. The average Bonchev–Trinajstić information content (AvgIpc) is 3.37. The van der Waals surface area contributed by atoms with E-state index in [1.54, 1.807) is 6.08 Å². The second-order valence-electron chi connectivity index (χ2n) is 21.1. The molecular formula is C62H115NO8. The summed E-state index contributed by atoms with van der Waals surface area (Å²) >= 11 is 0. The minimum Gasteiger partial charge on any atom is -0.394 e. The van der Waals surface area contributed by atoms with Crippen LogP contribution < -0.4 is 5.32 Å². The van der Waals surface area contributed by atoms with Crippen LogP contribution >= 0.6 is 0 Å². The standard InChI is InChI=1S/C62H115NO8/c1-3-5-7-9-11-13-15-17-19-21-22-23-24-25-26-27-28-29-30-31-32-33-34-35-36-38-40-42-44-46-48-50-52-58(66)63-55(54-70-62-61(69)60(68)59(67)57(53-64)71-62)56(65)51-49-47-45-43-41-39-37-20-18-16-14-12-10-8-6-4-2/h18,20,25-26,41,43,49,51,55-57,59-62,64-65,67-69H,3-17,19,21-24,27-40,42,44-48,50,52-54H2,1-2H3,(H,63,66)/b20-18+,26-25-,43-41+,51-49+. The number of amides is 1. The largest absolute Gasteiger partial charge is 0.394 e. The predicted molar refractivity (Wildman–Crippen MR) is 299 cm³/mol. The van der Waals surface area contributed by atoms with Crippen LogP contribution in [0.1, 0.15) is 284 Å². The van der Waals surface area contributed by atoms with Crippen LogP contribution in [0.2, 0.25) is 0 Å². The maximum atomic E-state index is 13.1. The van der Waals surface area contributed by atoms with Crippen molar-refractivity contribution in [1.29, 1.82) is 0 Å². The zero-order valence-corrected chi connectivity index (χ0v) is 46.2. The first-order chi connectivity index (χ1) is 34.8. The van der Waals surface area contributed by atoms with Crippen molar-refractivity contribution < 1.29 is 39.8 Å². The molecular weight excluding hydrogens is 887 g/mol. The van der Waals surface area contributed by atoms with Crippen molar-refractivity contribution in [3.8, 4) is 0 Å². The van der Waals surface area contributed by atoms with Gasteiger partial charge in [-0.05, 0) is 70.6 Å². The van der Waals surface area contributed by atoms with E-state index in [-0.39, 0.29) is 12.5 Å². The highest BCUT2D eigenvalue weighted by atomic mass is 16.7. The first kappa shape index (κ1) is 67.2. The molecule has 9 nitrogen and oxygen atoms in total. The number of aliphatic hydroxyl groups is 5. The number of hydrogen-bond acceptors (Lipinski definition) is 8. The summed E-state index contributed by atoms with van der Waals surface area (Å²) in [5.41, 5.74) is 0. The molecule has 1 aliphatic rings. The summed E-state index contributed by atoms with van der Waals surface area (Å²) in [5, 5.41) is 54.4. The van der Waals surface area contributed by atoms with Crippen molar-refractivity contribution in [3.63, 3.8) is 0 Å². The molecule has 1 saturated heterocycles. The molecule has 0 aromatic rings. The number of nitrogens with one attached hydrogen (secondary N) is 1. The van der Waals surface area contributed by atoms with Crippen LogP contribution in [0.15, 0.2) is 48.6 Å². The molecule has 0 saturated carbocycles. The Hall–Kier alpha value is -1.85. The van der Waals surface area contributed by atoms with Gasteiger partial charge in [0.2, 0.25) is 5.91 Å². The Bertz CT molecular complexity index is 1250. The third kappa shape index (κ3) is 41.1. The fraction of sp³-hybridized carbons (Fsp3) is 0.855. The minimum atomic E-state index is -1.57. The number of unbranched alkanes of at least 4 members (excludes halogenated alkanes) is 36. The van der Waals surface area contributed by atoms with Gasteiger partial charge in [0.15, 0.2) is 6.29 Å². The summed E-state index contributed by atoms with van der Waals surface area (Å²) < 4.78 is 11.2. The number of carbonyl (C=O) groups is 1. The highest BCUT2D eigenvalue weighted by Crippen LogP contribution is 2.23. The molecule has 0 radical (unpaired) electrons. The lowest BCUT2D eigenvalue weighted by Gasteiger charge is -2.40. The van der Waals surface area contributed by atoms with Crippen LogP contribution in [0.5, 0.6) is 0 Å². The number of aliphatic hydroxyl groups excluding tert-OH is 5. The van der Waals surface area contributed by atoms with Gasteiger partial charge in [-0.1, -0.05) is 255 Å². The lowest BCUT2D eigenvalue weighted by atomic mass is 9.99. The molecule has 1 fully saturated rings. The van der Waals surface area contributed by atoms with E-state index in [2.05, 4.69) is 55.6 Å². The Balaban J connectivity index is 2.15. The van der Waals surface area contributed by atoms with E-state index in [0.29, 0.717) is 6.42 Å². The van der Waals surface area contributed by atoms with Gasteiger partial charge in [-0.15, -0.1) is 0 Å². The third-order valence-electron chi connectivity index (χ3n) is 14.4. The molecule has 0 spiro atoms. The first-order valence-electron chi connectivity index (χ1n) is 30.4. The van der Waals surface area contributed by atoms with E-state index in [4.69, 9.17) is 9.47 Å². The van der Waals surface area contributed by atoms with Crippen molar-refractivity contribution in [2.75, 3.05) is 13.2 Å². The molecule has 0 aromatic heterocycles. The number of rotatable bonds is 52. The van der Waals surface area contributed by atoms with Crippen molar-refractivity contribution in [1.82, 2.24) is 5.32 Å². The zero-order chi connectivity index (χ0) is 51.5. The van der Waals surface area contributed by atoms with Gasteiger partial charge < -0.3 is 40.3 Å². The second kappa shape index (κ2) is 51.6. The van der Waals surface area contributed by atoms with Crippen LogP contribution in [-0.2, 0) is 14.3 Å². The van der Waals surface area contributed by atoms with Crippen LogP contribution in [0.3, 0.4) is 0 Å². The number of allylic oxidation sites excluding steroid dienone is 7. The Morgan fingerprint density at radius 3 is 1.18 bits per heavy atom. The lowest BCUT2D eigenvalue weighted by molar-refractivity contribution is -0.302. The van der Waals surface area contributed by atoms with Crippen molar-refractivity contribution in [2.24, 2.45) is 0 Å². The molecule has 6 N–H and O–H groups in total. The van der Waals surface area contributed by atoms with Crippen LogP contribution in [-0.4, -0.2) is 87.5 Å². The third-order valence-corrected chi connectivity index (χ3v) is 14.4. The predicted octanol–water partition coefficient (Wildman–Crippen LogP) is 15.3. The fourth-order valence-corrected chi connectivity index (χ4v) is 9.54. The number of carbonyl (C=O) groups excluding carboxylic acids is 1. The Labute approximate surface area is 437 Å². The van der Waals surface area contributed by atoms with Gasteiger partial charge in [0, 0.05) is 6.42 Å². The highest BCUT2D eigenvalue weighted by Gasteiger charge is 2.44. The van der Waals surface area contributed by atoms with Crippen molar-refractivity contribution in [2.45, 2.75) is 326 Å². The molecule has 1 amide bonds. The van der Waals surface area contributed by atoms with Crippen LogP contribution in [0.25, 0.3) is 0 Å². The monoisotopic (exact) mass is 1000 g/mol. The van der Waals surface area contributed by atoms with Gasteiger partial charge in [0.25, 0.3) is 0 Å². The molecule has 71 heavy (non-hydrogen) atoms. The first-order valence-corrected chi connectivity index (χ1v) is 30.4. The normalized spacial score (nSPS) is 19.6. The summed E-state index contributed by atoms with van der Waals surface area (Å²) in [4.78, 5) is 13.1. The molecule has 0 aromatic carbocycles. The summed E-state index contributed by atoms with van der Waals surface area (Å²) in [5.74, 6) is -0.188. The number of hydrogen-bond donors (Lipinski definition) is 6.